The second-order valence-corrected chi connectivity index (χ2v) is 8.18. The van der Waals surface area contributed by atoms with Crippen molar-refractivity contribution < 1.29 is 29.3 Å². The van der Waals surface area contributed by atoms with Crippen LogP contribution in [0.4, 0.5) is 5.13 Å². The molecule has 12 nitrogen and oxygen atoms in total. The third-order valence-corrected chi connectivity index (χ3v) is 5.98. The molecule has 2 atom stereocenters. The Labute approximate surface area is 179 Å². The maximum Gasteiger partial charge on any atom is 0.352 e. The molecule has 4 rings (SSSR count). The van der Waals surface area contributed by atoms with E-state index in [2.05, 4.69) is 15.5 Å². The van der Waals surface area contributed by atoms with Crippen molar-refractivity contribution in [3.8, 4) is 0 Å². The zero-order valence-corrected chi connectivity index (χ0v) is 17.2. The lowest BCUT2D eigenvalue weighted by Crippen LogP contribution is -2.72. The van der Waals surface area contributed by atoms with Gasteiger partial charge in [-0.05, 0) is 12.8 Å². The number of anilines is 1. The number of aryl methyl sites for hydroxylation is 1. The third-order valence-electron chi connectivity index (χ3n) is 5.30. The smallest absolute Gasteiger partial charge is 0.352 e. The van der Waals surface area contributed by atoms with Gasteiger partial charge in [0.1, 0.15) is 36.4 Å². The number of β-lactam (4-membered cyclic amide) rings is 1. The molecule has 0 aromatic carbocycles. The number of hydrogen-bond donors (Lipinski definition) is 4. The molecule has 0 radical (unpaired) electrons. The van der Waals surface area contributed by atoms with Gasteiger partial charge < -0.3 is 21.4 Å². The molecular formula is C18H20N7O5S+. The van der Waals surface area contributed by atoms with E-state index in [1.807, 2.05) is 34.9 Å². The summed E-state index contributed by atoms with van der Waals surface area (Å²) in [5, 5.41) is 26.1. The van der Waals surface area contributed by atoms with Crippen LogP contribution in [0.3, 0.4) is 0 Å². The zero-order valence-electron chi connectivity index (χ0n) is 16.4. The number of carbonyl (C=O) groups is 3. The number of imidazole rings is 1. The fraction of sp³-hybridized carbons (Fsp3) is 0.333. The lowest BCUT2D eigenvalue weighted by molar-refractivity contribution is -0.671. The topological polar surface area (TPSA) is 167 Å². The van der Waals surface area contributed by atoms with Gasteiger partial charge in [0.15, 0.2) is 10.8 Å². The number of oxime groups is 1. The van der Waals surface area contributed by atoms with Crippen molar-refractivity contribution in [2.45, 2.75) is 31.5 Å². The lowest BCUT2D eigenvalue weighted by atomic mass is 9.83. The normalized spacial score (nSPS) is 21.0. The Morgan fingerprint density at radius 2 is 2.26 bits per heavy atom. The van der Waals surface area contributed by atoms with Crippen LogP contribution in [-0.2, 0) is 28.0 Å². The molecule has 0 bridgehead atoms. The number of nitrogens with two attached hydrogens (primary N) is 1. The summed E-state index contributed by atoms with van der Waals surface area (Å²) >= 11 is 1.07. The van der Waals surface area contributed by atoms with E-state index < -0.39 is 29.9 Å². The van der Waals surface area contributed by atoms with Gasteiger partial charge >= 0.3 is 5.97 Å². The van der Waals surface area contributed by atoms with Gasteiger partial charge in [0.25, 0.3) is 11.8 Å². The summed E-state index contributed by atoms with van der Waals surface area (Å²) in [4.78, 5) is 42.4. The van der Waals surface area contributed by atoms with Crippen molar-refractivity contribution in [1.82, 2.24) is 19.8 Å². The molecule has 1 saturated heterocycles. The molecule has 2 amide bonds. The Morgan fingerprint density at radius 1 is 1.48 bits per heavy atom. The van der Waals surface area contributed by atoms with E-state index in [9.17, 15) is 24.7 Å². The largest absolute Gasteiger partial charge is 0.477 e. The highest BCUT2D eigenvalue weighted by Crippen LogP contribution is 2.37. The van der Waals surface area contributed by atoms with Crippen molar-refractivity contribution in [1.29, 1.82) is 0 Å². The van der Waals surface area contributed by atoms with E-state index in [1.54, 1.807) is 0 Å². The number of hydrogen-bond acceptors (Lipinski definition) is 8. The van der Waals surface area contributed by atoms with Crippen LogP contribution < -0.4 is 15.6 Å². The number of nitrogens with zero attached hydrogens (tertiary/aromatic N) is 5. The standard InChI is InChI=1S/C18H19N7O5S/c1-23-4-5-24(8-23)6-9-2-3-11-13(16(27)25(11)14(9)17(28)29)21-15(26)12(22-30)10-7-31-18(19)20-10/h4-5,7-8,11,13H,2-3,6H2,1H3,(H4-,19,20,21,26,28,29,30)/p+1/t11-,13+/m1/s1. The molecule has 2 aliphatic heterocycles. The average molecular weight is 446 g/mol. The van der Waals surface area contributed by atoms with Crippen LogP contribution in [0.15, 0.2) is 40.5 Å². The first-order chi connectivity index (χ1) is 14.8. The molecule has 2 aromatic heterocycles. The molecule has 0 saturated carbocycles. The quantitative estimate of drug-likeness (QED) is 0.146. The molecule has 0 aliphatic carbocycles. The predicted octanol–water partition coefficient (Wildman–Crippen LogP) is -0.942. The van der Waals surface area contributed by atoms with Crippen LogP contribution in [0.5, 0.6) is 0 Å². The molecule has 2 aliphatic rings. The van der Waals surface area contributed by atoms with Crippen LogP contribution in [-0.4, -0.2) is 60.3 Å². The Morgan fingerprint density at radius 3 is 2.84 bits per heavy atom. The number of aromatic nitrogens is 3. The number of nitrogen functional groups attached to an aromatic ring is 1. The summed E-state index contributed by atoms with van der Waals surface area (Å²) < 4.78 is 3.68. The maximum absolute atomic E-state index is 12.8. The van der Waals surface area contributed by atoms with E-state index in [1.165, 1.54) is 10.3 Å². The minimum Gasteiger partial charge on any atom is -0.477 e. The first kappa shape index (κ1) is 20.5. The molecule has 0 spiro atoms. The van der Waals surface area contributed by atoms with Gasteiger partial charge in [-0.1, -0.05) is 5.16 Å². The van der Waals surface area contributed by atoms with E-state index in [4.69, 9.17) is 5.73 Å². The second kappa shape index (κ2) is 7.83. The summed E-state index contributed by atoms with van der Waals surface area (Å²) in [6.45, 7) is 0.350. The van der Waals surface area contributed by atoms with Gasteiger partial charge in [0.2, 0.25) is 6.33 Å². The molecule has 5 N–H and O–H groups in total. The Hall–Kier alpha value is -3.74. The Balaban J connectivity index is 1.52. The second-order valence-electron chi connectivity index (χ2n) is 7.29. The summed E-state index contributed by atoms with van der Waals surface area (Å²) in [6.07, 6.45) is 6.43. The zero-order chi connectivity index (χ0) is 22.3. The fourth-order valence-corrected chi connectivity index (χ4v) is 4.48. The molecular weight excluding hydrogens is 426 g/mol. The van der Waals surface area contributed by atoms with Crippen LogP contribution in [0.25, 0.3) is 0 Å². The van der Waals surface area contributed by atoms with Gasteiger partial charge in [-0.3, -0.25) is 14.5 Å². The van der Waals surface area contributed by atoms with E-state index in [-0.39, 0.29) is 22.2 Å². The van der Waals surface area contributed by atoms with Crippen molar-refractivity contribution in [2.75, 3.05) is 5.73 Å². The Kier molecular flexibility index (Phi) is 5.19. The van der Waals surface area contributed by atoms with Gasteiger partial charge in [0, 0.05) is 11.0 Å². The van der Waals surface area contributed by atoms with Crippen molar-refractivity contribution in [2.24, 2.45) is 12.2 Å². The SMILES string of the molecule is C[n+]1ccn(CC2=C(C(=O)O)N3C(=O)[C@@H](NC(=O)/C(=N\O)c4csc(N)n4)[C@H]3CC2)c1. The van der Waals surface area contributed by atoms with Crippen LogP contribution in [0, 0.1) is 0 Å². The fourth-order valence-electron chi connectivity index (χ4n) is 3.93. The molecule has 162 valence electrons. The van der Waals surface area contributed by atoms with Gasteiger partial charge in [0.05, 0.1) is 13.1 Å². The molecule has 4 heterocycles. The number of thiazole rings is 1. The maximum atomic E-state index is 12.8. The summed E-state index contributed by atoms with van der Waals surface area (Å²) in [7, 11) is 1.86. The monoisotopic (exact) mass is 446 g/mol. The van der Waals surface area contributed by atoms with Crippen LogP contribution >= 0.6 is 11.3 Å². The van der Waals surface area contributed by atoms with Crippen LogP contribution in [0.1, 0.15) is 18.5 Å². The van der Waals surface area contributed by atoms with Crippen LogP contribution in [0.2, 0.25) is 0 Å². The lowest BCUT2D eigenvalue weighted by Gasteiger charge is -2.50. The number of nitrogens with one attached hydrogen (secondary N) is 1. The number of fused-ring (bicyclic) bond motifs is 1. The number of allylic oxidation sites excluding steroid dienone is 1. The van der Waals surface area contributed by atoms with Gasteiger partial charge in [-0.15, -0.1) is 11.3 Å². The number of rotatable bonds is 6. The molecule has 2 aromatic rings. The van der Waals surface area contributed by atoms with Gasteiger partial charge in [-0.25, -0.2) is 18.9 Å². The molecule has 0 unspecified atom stereocenters. The number of carboxylic acid groups (broad SMARTS) is 1. The van der Waals surface area contributed by atoms with Crippen molar-refractivity contribution in [3.63, 3.8) is 0 Å². The number of amides is 2. The van der Waals surface area contributed by atoms with Crippen molar-refractivity contribution >= 4 is 40.0 Å². The van der Waals surface area contributed by atoms with E-state index in [0.29, 0.717) is 25.0 Å². The summed E-state index contributed by atoms with van der Waals surface area (Å²) in [5.41, 5.74) is 5.85. The highest BCUT2D eigenvalue weighted by molar-refractivity contribution is 7.13. The predicted molar refractivity (Wildman–Crippen MR) is 107 cm³/mol. The average Bonchev–Trinajstić information content (AvgIpc) is 3.34. The third kappa shape index (κ3) is 3.63. The minimum atomic E-state index is -1.19. The summed E-state index contributed by atoms with van der Waals surface area (Å²) in [6, 6.07) is -1.41. The molecule has 1 fully saturated rings. The number of carboxylic acids is 1. The first-order valence-electron chi connectivity index (χ1n) is 9.33. The minimum absolute atomic E-state index is 0.0496. The Bertz CT molecular complexity index is 1130. The molecule has 13 heteroatoms. The number of aliphatic carboxylic acids is 1. The van der Waals surface area contributed by atoms with E-state index >= 15 is 0 Å². The first-order valence-corrected chi connectivity index (χ1v) is 10.2. The number of carbonyl (C=O) groups excluding carboxylic acids is 2. The molecule has 31 heavy (non-hydrogen) atoms. The van der Waals surface area contributed by atoms with E-state index in [0.717, 1.165) is 11.3 Å². The summed E-state index contributed by atoms with van der Waals surface area (Å²) in [5.74, 6) is -2.51. The highest BCUT2D eigenvalue weighted by atomic mass is 32.1. The highest BCUT2D eigenvalue weighted by Gasteiger charge is 2.53. The van der Waals surface area contributed by atoms with Gasteiger partial charge in [-0.2, -0.15) is 0 Å². The van der Waals surface area contributed by atoms with Crippen molar-refractivity contribution in [3.05, 3.63) is 41.1 Å².